The Kier molecular flexibility index (Phi) is 7.02. The number of amides is 1. The molecule has 0 aliphatic rings. The lowest BCUT2D eigenvalue weighted by atomic mass is 9.91. The summed E-state index contributed by atoms with van der Waals surface area (Å²) in [6.45, 7) is 2.59. The Morgan fingerprint density at radius 1 is 0.794 bits per heavy atom. The van der Waals surface area contributed by atoms with E-state index in [1.807, 2.05) is 30.3 Å². The van der Waals surface area contributed by atoms with Gasteiger partial charge >= 0.3 is 16.7 Å². The Labute approximate surface area is 200 Å². The number of rotatable bonds is 6. The van der Waals surface area contributed by atoms with Gasteiger partial charge in [-0.2, -0.15) is 22.0 Å². The van der Waals surface area contributed by atoms with E-state index in [1.54, 1.807) is 18.2 Å². The fraction of sp³-hybridized carbons (Fsp3) is 0.208. The molecule has 0 saturated heterocycles. The van der Waals surface area contributed by atoms with Crippen LogP contribution in [0.4, 0.5) is 43.4 Å². The number of carbonyl (C=O) groups excluding carboxylic acids is 1. The number of hydrogen-bond acceptors (Lipinski definition) is 2. The van der Waals surface area contributed by atoms with Crippen LogP contribution >= 0.6 is 15.9 Å². The van der Waals surface area contributed by atoms with E-state index in [1.165, 1.54) is 35.8 Å². The van der Waals surface area contributed by atoms with Gasteiger partial charge in [0.05, 0.1) is 0 Å². The number of halogens is 7. The lowest BCUT2D eigenvalue weighted by Gasteiger charge is -2.32. The third-order valence-electron chi connectivity index (χ3n) is 5.14. The van der Waals surface area contributed by atoms with Crippen molar-refractivity contribution in [2.45, 2.75) is 30.5 Å². The molecule has 0 heterocycles. The lowest BCUT2D eigenvalue weighted by Crippen LogP contribution is -2.49. The summed E-state index contributed by atoms with van der Waals surface area (Å²) in [5, 5.41) is 5.71. The SMILES string of the molecule is Cc1cc(C(F)(C(F)(F)F)C(F)(F)Br)cc(C)c1NC(=O)c1cccc(Nc2ccccc2)c1. The smallest absolute Gasteiger partial charge is 0.356 e. The molecule has 1 amide bonds. The monoisotopic (exact) mass is 544 g/mol. The Morgan fingerprint density at radius 3 is 1.88 bits per heavy atom. The van der Waals surface area contributed by atoms with Gasteiger partial charge in [0.2, 0.25) is 0 Å². The Hall–Kier alpha value is -3.01. The molecule has 10 heteroatoms. The molecule has 0 spiro atoms. The number of aryl methyl sites for hydroxylation is 2. The summed E-state index contributed by atoms with van der Waals surface area (Å²) in [6.07, 6.45) is -5.89. The molecule has 0 aliphatic heterocycles. The zero-order valence-electron chi connectivity index (χ0n) is 17.9. The van der Waals surface area contributed by atoms with Gasteiger partial charge in [-0.1, -0.05) is 36.4 Å². The minimum atomic E-state index is -5.89. The summed E-state index contributed by atoms with van der Waals surface area (Å²) in [5.41, 5.74) is -4.50. The first-order chi connectivity index (χ1) is 15.7. The van der Waals surface area contributed by atoms with Crippen molar-refractivity contribution < 1.29 is 31.1 Å². The van der Waals surface area contributed by atoms with Crippen LogP contribution in [0, 0.1) is 13.8 Å². The molecule has 3 nitrogen and oxygen atoms in total. The van der Waals surface area contributed by atoms with Crippen molar-refractivity contribution in [3.8, 4) is 0 Å². The van der Waals surface area contributed by atoms with E-state index in [2.05, 4.69) is 10.6 Å². The van der Waals surface area contributed by atoms with E-state index in [-0.39, 0.29) is 22.4 Å². The molecule has 180 valence electrons. The highest BCUT2D eigenvalue weighted by atomic mass is 79.9. The molecule has 1 atom stereocenters. The third kappa shape index (κ3) is 5.06. The molecule has 0 fully saturated rings. The fourth-order valence-corrected chi connectivity index (χ4v) is 3.91. The predicted octanol–water partition coefficient (Wildman–Crippen LogP) is 8.01. The number of alkyl halides is 7. The van der Waals surface area contributed by atoms with E-state index in [0.29, 0.717) is 17.8 Å². The Bertz CT molecular complexity index is 1160. The molecule has 0 aromatic heterocycles. The number of benzene rings is 3. The Balaban J connectivity index is 1.90. The normalized spacial score (nSPS) is 13.8. The van der Waals surface area contributed by atoms with Gasteiger partial charge in [0.1, 0.15) is 0 Å². The standard InChI is InChI=1S/C24H19BrF6N2O/c1-14-11-17(22(26,23(25,27)28)24(29,30)31)12-15(2)20(14)33-21(34)16-7-6-10-19(13-16)32-18-8-4-3-5-9-18/h3-13,32H,1-2H3,(H,33,34). The van der Waals surface area contributed by atoms with Crippen molar-refractivity contribution in [2.24, 2.45) is 0 Å². The van der Waals surface area contributed by atoms with Crippen LogP contribution in [0.1, 0.15) is 27.0 Å². The van der Waals surface area contributed by atoms with Crippen LogP contribution in [-0.4, -0.2) is 16.9 Å². The zero-order valence-corrected chi connectivity index (χ0v) is 19.5. The molecule has 34 heavy (non-hydrogen) atoms. The summed E-state index contributed by atoms with van der Waals surface area (Å²) < 4.78 is 82.1. The molecular formula is C24H19BrF6N2O. The summed E-state index contributed by atoms with van der Waals surface area (Å²) in [5.74, 6) is -0.580. The largest absolute Gasteiger partial charge is 0.433 e. The maximum atomic E-state index is 14.8. The van der Waals surface area contributed by atoms with Gasteiger partial charge in [0.15, 0.2) is 0 Å². The van der Waals surface area contributed by atoms with Crippen molar-refractivity contribution in [2.75, 3.05) is 10.6 Å². The quantitative estimate of drug-likeness (QED) is 0.243. The predicted molar refractivity (Wildman–Crippen MR) is 123 cm³/mol. The van der Waals surface area contributed by atoms with Crippen LogP contribution in [0.3, 0.4) is 0 Å². The summed E-state index contributed by atoms with van der Waals surface area (Å²) in [6, 6.07) is 17.0. The summed E-state index contributed by atoms with van der Waals surface area (Å²) in [7, 11) is 0. The van der Waals surface area contributed by atoms with Gasteiger partial charge in [0.25, 0.3) is 5.91 Å². The molecule has 0 bridgehead atoms. The molecule has 2 N–H and O–H groups in total. The van der Waals surface area contributed by atoms with Gasteiger partial charge in [-0.3, -0.25) is 4.79 Å². The number of hydrogen-bond donors (Lipinski definition) is 2. The Morgan fingerprint density at radius 2 is 1.35 bits per heavy atom. The van der Waals surface area contributed by atoms with Gasteiger partial charge in [-0.05, 0) is 71.2 Å². The minimum absolute atomic E-state index is 0.00931. The zero-order chi connectivity index (χ0) is 25.3. The molecule has 0 saturated carbocycles. The highest BCUT2D eigenvalue weighted by Gasteiger charge is 2.71. The molecule has 1 unspecified atom stereocenters. The fourth-order valence-electron chi connectivity index (χ4n) is 3.46. The van der Waals surface area contributed by atoms with E-state index >= 15 is 0 Å². The molecule has 3 aromatic carbocycles. The highest BCUT2D eigenvalue weighted by Crippen LogP contribution is 2.55. The van der Waals surface area contributed by atoms with Crippen molar-refractivity contribution in [1.82, 2.24) is 0 Å². The number of para-hydroxylation sites is 1. The minimum Gasteiger partial charge on any atom is -0.356 e. The number of carbonyl (C=O) groups is 1. The first-order valence-corrected chi connectivity index (χ1v) is 10.7. The molecule has 0 aliphatic carbocycles. The van der Waals surface area contributed by atoms with Crippen LogP contribution in [0.2, 0.25) is 0 Å². The highest BCUT2D eigenvalue weighted by molar-refractivity contribution is 9.10. The molecular weight excluding hydrogens is 526 g/mol. The second-order valence-corrected chi connectivity index (χ2v) is 8.66. The van der Waals surface area contributed by atoms with E-state index < -0.39 is 28.1 Å². The van der Waals surface area contributed by atoms with Gasteiger partial charge < -0.3 is 10.6 Å². The van der Waals surface area contributed by atoms with Crippen LogP contribution in [0.15, 0.2) is 66.7 Å². The van der Waals surface area contributed by atoms with Crippen molar-refractivity contribution >= 4 is 38.9 Å². The van der Waals surface area contributed by atoms with Crippen LogP contribution in [-0.2, 0) is 5.67 Å². The molecule has 3 rings (SSSR count). The van der Waals surface area contributed by atoms with Crippen molar-refractivity contribution in [1.29, 1.82) is 0 Å². The van der Waals surface area contributed by atoms with Gasteiger partial charge in [-0.15, -0.1) is 0 Å². The summed E-state index contributed by atoms with van der Waals surface area (Å²) >= 11 is 1.54. The van der Waals surface area contributed by atoms with E-state index in [4.69, 9.17) is 0 Å². The van der Waals surface area contributed by atoms with Crippen molar-refractivity contribution in [3.63, 3.8) is 0 Å². The number of anilines is 3. The van der Waals surface area contributed by atoms with Crippen LogP contribution in [0.25, 0.3) is 0 Å². The van der Waals surface area contributed by atoms with Crippen molar-refractivity contribution in [3.05, 3.63) is 89.0 Å². The first-order valence-electron chi connectivity index (χ1n) is 9.91. The molecule has 3 aromatic rings. The lowest BCUT2D eigenvalue weighted by molar-refractivity contribution is -0.282. The van der Waals surface area contributed by atoms with E-state index in [9.17, 15) is 31.1 Å². The second-order valence-electron chi connectivity index (χ2n) is 7.66. The maximum Gasteiger partial charge on any atom is 0.433 e. The van der Waals surface area contributed by atoms with Gasteiger partial charge in [0, 0.05) is 28.2 Å². The van der Waals surface area contributed by atoms with Crippen LogP contribution < -0.4 is 10.6 Å². The van der Waals surface area contributed by atoms with Gasteiger partial charge in [-0.25, -0.2) is 4.39 Å². The first kappa shape index (κ1) is 25.6. The topological polar surface area (TPSA) is 41.1 Å². The second kappa shape index (κ2) is 9.32. The number of nitrogens with one attached hydrogen (secondary N) is 2. The third-order valence-corrected chi connectivity index (χ3v) is 5.68. The van der Waals surface area contributed by atoms with Crippen LogP contribution in [0.5, 0.6) is 0 Å². The van der Waals surface area contributed by atoms with E-state index in [0.717, 1.165) is 5.69 Å². The maximum absolute atomic E-state index is 14.8. The molecule has 0 radical (unpaired) electrons. The summed E-state index contributed by atoms with van der Waals surface area (Å²) in [4.78, 5) is 7.89. The average Bonchev–Trinajstić information content (AvgIpc) is 2.74. The average molecular weight is 545 g/mol.